The molecule has 0 aromatic heterocycles. The molecule has 2 aliphatic rings. The molecule has 31 heavy (non-hydrogen) atoms. The zero-order valence-electron chi connectivity index (χ0n) is 16.2. The third kappa shape index (κ3) is 4.54. The first-order chi connectivity index (χ1) is 14.6. The van der Waals surface area contributed by atoms with E-state index in [9.17, 15) is 32.3 Å². The molecule has 11 heteroatoms. The number of unbranched alkanes of at least 4 members (excludes halogenated alkanes) is 1. The quantitative estimate of drug-likeness (QED) is 0.432. The summed E-state index contributed by atoms with van der Waals surface area (Å²) in [6, 6.07) is 3.66. The molecule has 3 amide bonds. The predicted molar refractivity (Wildman–Crippen MR) is 98.5 cm³/mol. The Kier molecular flexibility index (Phi) is 6.31. The molecular formula is C20H18F3N3O5. The molecule has 1 unspecified atom stereocenters. The number of halogens is 3. The molecule has 0 radical (unpaired) electrons. The number of carbonyl (C=O) groups is 4. The molecule has 1 saturated heterocycles. The van der Waals surface area contributed by atoms with Crippen LogP contribution in [0.25, 0.3) is 0 Å². The van der Waals surface area contributed by atoms with Crippen molar-refractivity contribution in [3.63, 3.8) is 0 Å². The molecule has 1 aromatic rings. The third-order valence-corrected chi connectivity index (χ3v) is 4.85. The van der Waals surface area contributed by atoms with Crippen LogP contribution in [0.15, 0.2) is 18.2 Å². The van der Waals surface area contributed by atoms with E-state index in [0.717, 1.165) is 4.90 Å². The number of nitrogens with zero attached hydrogens (tertiary/aromatic N) is 2. The number of benzene rings is 1. The number of piperidine rings is 1. The van der Waals surface area contributed by atoms with Crippen molar-refractivity contribution in [2.24, 2.45) is 5.73 Å². The SMILES string of the molecule is NCCCC#Cc1cccc2c1CN(C1CCC(=O)N(OC(=O)C(F)(F)F)C1=O)C2=O. The topological polar surface area (TPSA) is 110 Å². The van der Waals surface area contributed by atoms with Crippen LogP contribution in [0.5, 0.6) is 0 Å². The van der Waals surface area contributed by atoms with Gasteiger partial charge in [-0.2, -0.15) is 13.2 Å². The average Bonchev–Trinajstić information content (AvgIpc) is 3.05. The van der Waals surface area contributed by atoms with Crippen LogP contribution in [0.2, 0.25) is 0 Å². The number of amides is 3. The maximum atomic E-state index is 12.9. The minimum atomic E-state index is -5.38. The number of hydrogen-bond donors (Lipinski definition) is 1. The van der Waals surface area contributed by atoms with Crippen molar-refractivity contribution in [3.8, 4) is 11.8 Å². The summed E-state index contributed by atoms with van der Waals surface area (Å²) < 4.78 is 37.5. The van der Waals surface area contributed by atoms with Crippen LogP contribution in [-0.4, -0.2) is 52.4 Å². The van der Waals surface area contributed by atoms with Gasteiger partial charge in [0.1, 0.15) is 6.04 Å². The Morgan fingerprint density at radius 3 is 2.68 bits per heavy atom. The Labute approximate surface area is 175 Å². The molecule has 164 valence electrons. The van der Waals surface area contributed by atoms with Gasteiger partial charge in [0.2, 0.25) is 0 Å². The van der Waals surface area contributed by atoms with Crippen molar-refractivity contribution in [2.75, 3.05) is 6.54 Å². The summed E-state index contributed by atoms with van der Waals surface area (Å²) in [5.41, 5.74) is 6.91. The van der Waals surface area contributed by atoms with Crippen LogP contribution in [0.1, 0.15) is 47.2 Å². The summed E-state index contributed by atoms with van der Waals surface area (Å²) in [6.45, 7) is 0.479. The Bertz CT molecular complexity index is 996. The van der Waals surface area contributed by atoms with Gasteiger partial charge in [0.15, 0.2) is 0 Å². The summed E-state index contributed by atoms with van der Waals surface area (Å²) in [6.07, 6.45) is -4.57. The number of hydroxylamine groups is 2. The summed E-state index contributed by atoms with van der Waals surface area (Å²) in [7, 11) is 0. The Morgan fingerprint density at radius 2 is 2.00 bits per heavy atom. The van der Waals surface area contributed by atoms with Gasteiger partial charge in [-0.3, -0.25) is 14.4 Å². The van der Waals surface area contributed by atoms with Crippen molar-refractivity contribution in [1.82, 2.24) is 9.96 Å². The molecular weight excluding hydrogens is 419 g/mol. The van der Waals surface area contributed by atoms with Crippen molar-refractivity contribution < 1.29 is 37.2 Å². The highest BCUT2D eigenvalue weighted by Crippen LogP contribution is 2.31. The summed E-state index contributed by atoms with van der Waals surface area (Å²) in [4.78, 5) is 53.6. The molecule has 0 spiro atoms. The van der Waals surface area contributed by atoms with Gasteiger partial charge in [-0.05, 0) is 37.1 Å². The van der Waals surface area contributed by atoms with Gasteiger partial charge < -0.3 is 15.5 Å². The lowest BCUT2D eigenvalue weighted by molar-refractivity contribution is -0.238. The van der Waals surface area contributed by atoms with Gasteiger partial charge in [-0.15, -0.1) is 5.06 Å². The first-order valence-electron chi connectivity index (χ1n) is 9.43. The second-order valence-corrected chi connectivity index (χ2v) is 6.92. The molecule has 2 heterocycles. The van der Waals surface area contributed by atoms with E-state index in [1.54, 1.807) is 18.2 Å². The fourth-order valence-corrected chi connectivity index (χ4v) is 3.33. The van der Waals surface area contributed by atoms with Crippen molar-refractivity contribution in [2.45, 2.75) is 44.4 Å². The second kappa shape index (κ2) is 8.77. The summed E-state index contributed by atoms with van der Waals surface area (Å²) in [5, 5.41) is -0.201. The lowest BCUT2D eigenvalue weighted by Gasteiger charge is -2.33. The van der Waals surface area contributed by atoms with Crippen LogP contribution in [0, 0.1) is 11.8 Å². The molecule has 2 N–H and O–H groups in total. The summed E-state index contributed by atoms with van der Waals surface area (Å²) in [5.74, 6) is 0.417. The molecule has 0 bridgehead atoms. The molecule has 1 atom stereocenters. The van der Waals surface area contributed by atoms with Crippen molar-refractivity contribution in [3.05, 3.63) is 34.9 Å². The number of fused-ring (bicyclic) bond motifs is 1. The smallest absolute Gasteiger partial charge is 0.330 e. The molecule has 1 aromatic carbocycles. The van der Waals surface area contributed by atoms with Gasteiger partial charge in [0.25, 0.3) is 17.7 Å². The van der Waals surface area contributed by atoms with Crippen LogP contribution in [-0.2, 0) is 25.8 Å². The van der Waals surface area contributed by atoms with E-state index in [0.29, 0.717) is 36.1 Å². The Hall–Kier alpha value is -3.39. The van der Waals surface area contributed by atoms with E-state index in [1.807, 2.05) is 0 Å². The minimum absolute atomic E-state index is 0.0123. The highest BCUT2D eigenvalue weighted by molar-refractivity contribution is 6.05. The lowest BCUT2D eigenvalue weighted by atomic mass is 10.0. The number of nitrogens with two attached hydrogens (primary N) is 1. The van der Waals surface area contributed by atoms with Gasteiger partial charge in [-0.1, -0.05) is 17.9 Å². The Morgan fingerprint density at radius 1 is 1.26 bits per heavy atom. The highest BCUT2D eigenvalue weighted by Gasteiger charge is 2.49. The largest absolute Gasteiger partial charge is 0.493 e. The monoisotopic (exact) mass is 437 g/mol. The number of imide groups is 1. The number of hydrogen-bond acceptors (Lipinski definition) is 6. The van der Waals surface area contributed by atoms with Crippen LogP contribution in [0.3, 0.4) is 0 Å². The maximum absolute atomic E-state index is 12.9. The number of carbonyl (C=O) groups excluding carboxylic acids is 4. The Balaban J connectivity index is 1.81. The maximum Gasteiger partial charge on any atom is 0.493 e. The third-order valence-electron chi connectivity index (χ3n) is 4.85. The van der Waals surface area contributed by atoms with Gasteiger partial charge in [0.05, 0.1) is 0 Å². The predicted octanol–water partition coefficient (Wildman–Crippen LogP) is 1.27. The molecule has 1 fully saturated rings. The van der Waals surface area contributed by atoms with Crippen LogP contribution in [0.4, 0.5) is 13.2 Å². The zero-order valence-corrected chi connectivity index (χ0v) is 16.2. The first kappa shape index (κ1) is 22.3. The fourth-order valence-electron chi connectivity index (χ4n) is 3.33. The van der Waals surface area contributed by atoms with E-state index in [2.05, 4.69) is 16.7 Å². The highest BCUT2D eigenvalue weighted by atomic mass is 19.4. The molecule has 8 nitrogen and oxygen atoms in total. The summed E-state index contributed by atoms with van der Waals surface area (Å²) >= 11 is 0. The standard InChI is InChI=1S/C20H18F3N3O5/c21-20(22,23)19(30)31-26-16(27)9-8-15(18(26)29)25-11-14-12(5-2-1-3-10-24)6-4-7-13(14)17(25)28/h4,6-7,15H,1,3,8-11,24H2. The molecule has 0 aliphatic carbocycles. The normalized spacial score (nSPS) is 18.6. The van der Waals surface area contributed by atoms with E-state index >= 15 is 0 Å². The van der Waals surface area contributed by atoms with Crippen LogP contribution >= 0.6 is 0 Å². The first-order valence-corrected chi connectivity index (χ1v) is 9.43. The van der Waals surface area contributed by atoms with Gasteiger partial charge in [-0.25, -0.2) is 4.79 Å². The van der Waals surface area contributed by atoms with Crippen molar-refractivity contribution in [1.29, 1.82) is 0 Å². The van der Waals surface area contributed by atoms with E-state index in [-0.39, 0.29) is 24.4 Å². The average molecular weight is 437 g/mol. The van der Waals surface area contributed by atoms with E-state index < -0.39 is 35.9 Å². The van der Waals surface area contributed by atoms with Crippen LogP contribution < -0.4 is 5.73 Å². The lowest BCUT2D eigenvalue weighted by Crippen LogP contribution is -2.55. The second-order valence-electron chi connectivity index (χ2n) is 6.92. The number of rotatable bonds is 4. The van der Waals surface area contributed by atoms with E-state index in [1.165, 1.54) is 0 Å². The van der Waals surface area contributed by atoms with E-state index in [4.69, 9.17) is 5.73 Å². The number of alkyl halides is 3. The fraction of sp³-hybridized carbons (Fsp3) is 0.400. The minimum Gasteiger partial charge on any atom is -0.330 e. The molecule has 2 aliphatic heterocycles. The molecule has 0 saturated carbocycles. The van der Waals surface area contributed by atoms with Gasteiger partial charge >= 0.3 is 12.1 Å². The zero-order chi connectivity index (χ0) is 22.8. The van der Waals surface area contributed by atoms with Gasteiger partial charge in [0, 0.05) is 30.5 Å². The molecule has 3 rings (SSSR count). The van der Waals surface area contributed by atoms with Crippen molar-refractivity contribution >= 4 is 23.7 Å².